The van der Waals surface area contributed by atoms with Gasteiger partial charge in [-0.2, -0.15) is 0 Å². The van der Waals surface area contributed by atoms with Crippen LogP contribution in [0.1, 0.15) is 5.56 Å². The molecule has 1 aromatic rings. The maximum atomic E-state index is 5.54. The van der Waals surface area contributed by atoms with Crippen molar-refractivity contribution in [3.8, 4) is 0 Å². The highest BCUT2D eigenvalue weighted by molar-refractivity contribution is 7.80. The van der Waals surface area contributed by atoms with Gasteiger partial charge in [-0.05, 0) is 31.3 Å². The Bertz CT molecular complexity index is 367. The number of anilines is 1. The lowest BCUT2D eigenvalue weighted by molar-refractivity contribution is 0.163. The Labute approximate surface area is 114 Å². The van der Waals surface area contributed by atoms with Crippen LogP contribution >= 0.6 is 12.2 Å². The topological polar surface area (TPSA) is 50.5 Å². The number of ether oxygens (including phenoxy) is 1. The molecule has 0 spiro atoms. The summed E-state index contributed by atoms with van der Waals surface area (Å²) in [4.78, 5) is 2.65. The fourth-order valence-electron chi connectivity index (χ4n) is 1.50. The van der Waals surface area contributed by atoms with Crippen LogP contribution in [0.25, 0.3) is 0 Å². The predicted octanol–water partition coefficient (Wildman–Crippen LogP) is 1.31. The van der Waals surface area contributed by atoms with Gasteiger partial charge in [-0.25, -0.2) is 0 Å². The lowest BCUT2D eigenvalue weighted by Crippen LogP contribution is -2.28. The molecule has 0 unspecified atom stereocenters. The number of likely N-dealkylation sites (N-methyl/N-ethyl adjacent to an activating group) is 1. The average Bonchev–Trinajstić information content (AvgIpc) is 2.37. The van der Waals surface area contributed by atoms with Crippen LogP contribution in [0, 0.1) is 0 Å². The SMILES string of the molecule is COCCN(C)CCNc1ccc(C(N)=S)cc1. The first kappa shape index (κ1) is 14.9. The zero-order chi connectivity index (χ0) is 13.4. The Morgan fingerprint density at radius 2 is 2.00 bits per heavy atom. The molecule has 0 aliphatic heterocycles. The van der Waals surface area contributed by atoms with Crippen molar-refractivity contribution in [1.29, 1.82) is 0 Å². The molecule has 0 saturated carbocycles. The van der Waals surface area contributed by atoms with Gasteiger partial charge in [0.15, 0.2) is 0 Å². The highest BCUT2D eigenvalue weighted by atomic mass is 32.1. The highest BCUT2D eigenvalue weighted by Gasteiger charge is 1.99. The summed E-state index contributed by atoms with van der Waals surface area (Å²) in [5.41, 5.74) is 7.52. The molecular formula is C13H21N3OS. The maximum Gasteiger partial charge on any atom is 0.103 e. The summed E-state index contributed by atoms with van der Waals surface area (Å²) in [6, 6.07) is 7.84. The number of rotatable bonds is 8. The molecule has 5 heteroatoms. The van der Waals surface area contributed by atoms with Crippen LogP contribution < -0.4 is 11.1 Å². The van der Waals surface area contributed by atoms with E-state index in [0.29, 0.717) is 4.99 Å². The second-order valence-electron chi connectivity index (χ2n) is 4.16. The minimum Gasteiger partial charge on any atom is -0.389 e. The number of benzene rings is 1. The standard InChI is InChI=1S/C13H21N3OS/c1-16(9-10-17-2)8-7-15-12-5-3-11(4-6-12)13(14)18/h3-6,15H,7-10H2,1-2H3,(H2,14,18). The van der Waals surface area contributed by atoms with E-state index in [4.69, 9.17) is 22.7 Å². The van der Waals surface area contributed by atoms with Gasteiger partial charge in [0, 0.05) is 38.0 Å². The first-order valence-electron chi connectivity index (χ1n) is 5.94. The smallest absolute Gasteiger partial charge is 0.103 e. The molecule has 3 N–H and O–H groups in total. The molecule has 0 aliphatic rings. The van der Waals surface area contributed by atoms with Crippen molar-refractivity contribution in [3.63, 3.8) is 0 Å². The predicted molar refractivity (Wildman–Crippen MR) is 80.2 cm³/mol. The first-order valence-corrected chi connectivity index (χ1v) is 6.35. The zero-order valence-corrected chi connectivity index (χ0v) is 11.8. The van der Waals surface area contributed by atoms with E-state index in [1.165, 1.54) is 0 Å². The Balaban J connectivity index is 2.29. The molecule has 4 nitrogen and oxygen atoms in total. The van der Waals surface area contributed by atoms with Gasteiger partial charge in [-0.15, -0.1) is 0 Å². The van der Waals surface area contributed by atoms with E-state index in [1.807, 2.05) is 24.3 Å². The second-order valence-corrected chi connectivity index (χ2v) is 4.60. The lowest BCUT2D eigenvalue weighted by atomic mass is 10.2. The summed E-state index contributed by atoms with van der Waals surface area (Å²) in [7, 11) is 3.80. The van der Waals surface area contributed by atoms with Gasteiger partial charge in [0.1, 0.15) is 4.99 Å². The van der Waals surface area contributed by atoms with E-state index < -0.39 is 0 Å². The van der Waals surface area contributed by atoms with Gasteiger partial charge >= 0.3 is 0 Å². The zero-order valence-electron chi connectivity index (χ0n) is 11.0. The summed E-state index contributed by atoms with van der Waals surface area (Å²) in [5, 5.41) is 3.35. The number of methoxy groups -OCH3 is 1. The average molecular weight is 267 g/mol. The fourth-order valence-corrected chi connectivity index (χ4v) is 1.64. The van der Waals surface area contributed by atoms with Crippen LogP contribution in [0.5, 0.6) is 0 Å². The lowest BCUT2D eigenvalue weighted by Gasteiger charge is -2.16. The van der Waals surface area contributed by atoms with Crippen LogP contribution in [0.2, 0.25) is 0 Å². The number of thiocarbonyl (C=S) groups is 1. The van der Waals surface area contributed by atoms with Gasteiger partial charge in [-0.3, -0.25) is 0 Å². The monoisotopic (exact) mass is 267 g/mol. The Morgan fingerprint density at radius 1 is 1.33 bits per heavy atom. The van der Waals surface area contributed by atoms with E-state index in [1.54, 1.807) is 7.11 Å². The summed E-state index contributed by atoms with van der Waals surface area (Å²) in [5.74, 6) is 0. The van der Waals surface area contributed by atoms with Gasteiger partial charge < -0.3 is 20.7 Å². The van der Waals surface area contributed by atoms with Crippen LogP contribution in [-0.2, 0) is 4.74 Å². The third-order valence-corrected chi connectivity index (χ3v) is 2.90. The summed E-state index contributed by atoms with van der Waals surface area (Å²) in [6.45, 7) is 3.57. The van der Waals surface area contributed by atoms with E-state index in [-0.39, 0.29) is 0 Å². The molecule has 0 atom stereocenters. The van der Waals surface area contributed by atoms with Crippen molar-refractivity contribution in [2.75, 3.05) is 45.7 Å². The van der Waals surface area contributed by atoms with Crippen molar-refractivity contribution in [1.82, 2.24) is 4.90 Å². The molecule has 1 aromatic carbocycles. The summed E-state index contributed by atoms with van der Waals surface area (Å²) in [6.07, 6.45) is 0. The Kier molecular flexibility index (Phi) is 6.64. The van der Waals surface area contributed by atoms with E-state index in [0.717, 1.165) is 37.5 Å². The molecule has 0 saturated heterocycles. The molecule has 0 heterocycles. The molecule has 0 amide bonds. The minimum atomic E-state index is 0.431. The van der Waals surface area contributed by atoms with Crippen molar-refractivity contribution in [3.05, 3.63) is 29.8 Å². The molecule has 1 rings (SSSR count). The molecule has 0 fully saturated rings. The molecule has 0 bridgehead atoms. The van der Waals surface area contributed by atoms with Crippen LogP contribution in [0.4, 0.5) is 5.69 Å². The molecule has 0 radical (unpaired) electrons. The molecular weight excluding hydrogens is 246 g/mol. The minimum absolute atomic E-state index is 0.431. The summed E-state index contributed by atoms with van der Waals surface area (Å²) >= 11 is 4.91. The largest absolute Gasteiger partial charge is 0.389 e. The number of hydrogen-bond donors (Lipinski definition) is 2. The van der Waals surface area contributed by atoms with E-state index >= 15 is 0 Å². The Morgan fingerprint density at radius 3 is 2.56 bits per heavy atom. The third kappa shape index (κ3) is 5.44. The number of nitrogens with two attached hydrogens (primary N) is 1. The fraction of sp³-hybridized carbons (Fsp3) is 0.462. The molecule has 100 valence electrons. The summed E-state index contributed by atoms with van der Waals surface area (Å²) < 4.78 is 5.03. The van der Waals surface area contributed by atoms with Gasteiger partial charge in [0.25, 0.3) is 0 Å². The van der Waals surface area contributed by atoms with Gasteiger partial charge in [0.2, 0.25) is 0 Å². The quantitative estimate of drug-likeness (QED) is 0.696. The molecule has 0 aromatic heterocycles. The number of nitrogens with zero attached hydrogens (tertiary/aromatic N) is 1. The Hall–Kier alpha value is -1.17. The van der Waals surface area contributed by atoms with Crippen molar-refractivity contribution < 1.29 is 4.74 Å². The van der Waals surface area contributed by atoms with Gasteiger partial charge in [-0.1, -0.05) is 12.2 Å². The van der Waals surface area contributed by atoms with Crippen LogP contribution in [-0.4, -0.2) is 50.3 Å². The van der Waals surface area contributed by atoms with Crippen molar-refractivity contribution in [2.45, 2.75) is 0 Å². The van der Waals surface area contributed by atoms with Crippen molar-refractivity contribution >= 4 is 22.9 Å². The normalized spacial score (nSPS) is 10.6. The maximum absolute atomic E-state index is 5.54. The van der Waals surface area contributed by atoms with Crippen molar-refractivity contribution in [2.24, 2.45) is 5.73 Å². The molecule has 18 heavy (non-hydrogen) atoms. The van der Waals surface area contributed by atoms with E-state index in [9.17, 15) is 0 Å². The highest BCUT2D eigenvalue weighted by Crippen LogP contribution is 2.08. The second kappa shape index (κ2) is 8.02. The van der Waals surface area contributed by atoms with E-state index in [2.05, 4.69) is 17.3 Å². The third-order valence-electron chi connectivity index (χ3n) is 2.67. The van der Waals surface area contributed by atoms with Gasteiger partial charge in [0.05, 0.1) is 6.61 Å². The van der Waals surface area contributed by atoms with Crippen LogP contribution in [0.3, 0.4) is 0 Å². The first-order chi connectivity index (χ1) is 8.63. The van der Waals surface area contributed by atoms with Crippen LogP contribution in [0.15, 0.2) is 24.3 Å². The molecule has 0 aliphatic carbocycles. The number of nitrogens with one attached hydrogen (secondary N) is 1. The number of hydrogen-bond acceptors (Lipinski definition) is 4.